The Morgan fingerprint density at radius 3 is 2.95 bits per heavy atom. The van der Waals surface area contributed by atoms with Crippen molar-refractivity contribution in [2.75, 3.05) is 31.7 Å². The van der Waals surface area contributed by atoms with Gasteiger partial charge < -0.3 is 4.74 Å². The van der Waals surface area contributed by atoms with Gasteiger partial charge in [0.1, 0.15) is 12.4 Å². The molecule has 0 saturated carbocycles. The molecule has 1 unspecified atom stereocenters. The summed E-state index contributed by atoms with van der Waals surface area (Å²) in [5, 5.41) is 0. The average Bonchev–Trinajstić information content (AvgIpc) is 2.93. The summed E-state index contributed by atoms with van der Waals surface area (Å²) < 4.78 is 5.76. The summed E-state index contributed by atoms with van der Waals surface area (Å²) >= 11 is 2.02. The molecule has 0 bridgehead atoms. The van der Waals surface area contributed by atoms with Crippen LogP contribution in [0.2, 0.25) is 0 Å². The molecule has 1 heterocycles. The standard InChI is InChI=1S/C15H21NO2S/c1-12(17)14-5-3-4-6-15(14)18-9-8-16(2)13-7-10-19-11-13/h3-6,13H,7-11H2,1-2H3. The molecule has 0 aliphatic carbocycles. The van der Waals surface area contributed by atoms with Crippen molar-refractivity contribution < 1.29 is 9.53 Å². The quantitative estimate of drug-likeness (QED) is 0.749. The SMILES string of the molecule is CC(=O)c1ccccc1OCCN(C)C1CCSC1. The van der Waals surface area contributed by atoms with Crippen LogP contribution in [0.25, 0.3) is 0 Å². The number of thioether (sulfide) groups is 1. The largest absolute Gasteiger partial charge is 0.491 e. The molecule has 3 nitrogen and oxygen atoms in total. The average molecular weight is 279 g/mol. The van der Waals surface area contributed by atoms with Gasteiger partial charge in [0.2, 0.25) is 0 Å². The number of carbonyl (C=O) groups excluding carboxylic acids is 1. The van der Waals surface area contributed by atoms with Crippen molar-refractivity contribution in [2.45, 2.75) is 19.4 Å². The predicted molar refractivity (Wildman–Crippen MR) is 80.3 cm³/mol. The van der Waals surface area contributed by atoms with E-state index in [1.165, 1.54) is 17.9 Å². The van der Waals surface area contributed by atoms with Crippen LogP contribution in [0, 0.1) is 0 Å². The van der Waals surface area contributed by atoms with E-state index in [1.54, 1.807) is 6.92 Å². The molecule has 0 spiro atoms. The van der Waals surface area contributed by atoms with Gasteiger partial charge in [0.15, 0.2) is 5.78 Å². The molecule has 0 radical (unpaired) electrons. The number of ether oxygens (including phenoxy) is 1. The topological polar surface area (TPSA) is 29.5 Å². The second-order valence-corrected chi connectivity index (χ2v) is 6.05. The van der Waals surface area contributed by atoms with Gasteiger partial charge in [-0.1, -0.05) is 12.1 Å². The second-order valence-electron chi connectivity index (χ2n) is 4.90. The Labute approximate surface area is 119 Å². The minimum atomic E-state index is 0.0520. The van der Waals surface area contributed by atoms with E-state index in [0.717, 1.165) is 6.54 Å². The minimum absolute atomic E-state index is 0.0520. The Morgan fingerprint density at radius 1 is 1.47 bits per heavy atom. The maximum atomic E-state index is 11.5. The van der Waals surface area contributed by atoms with Gasteiger partial charge >= 0.3 is 0 Å². The van der Waals surface area contributed by atoms with E-state index in [9.17, 15) is 4.79 Å². The summed E-state index contributed by atoms with van der Waals surface area (Å²) in [7, 11) is 2.15. The Kier molecular flexibility index (Phi) is 5.28. The molecule has 19 heavy (non-hydrogen) atoms. The van der Waals surface area contributed by atoms with Gasteiger partial charge in [-0.25, -0.2) is 0 Å². The number of Topliss-reactive ketones (excluding diaryl/α,β-unsaturated/α-hetero) is 1. The Morgan fingerprint density at radius 2 is 2.26 bits per heavy atom. The molecule has 2 rings (SSSR count). The Balaban J connectivity index is 1.83. The molecule has 1 atom stereocenters. The van der Waals surface area contributed by atoms with Crippen LogP contribution in [0.4, 0.5) is 0 Å². The number of hydrogen-bond acceptors (Lipinski definition) is 4. The molecule has 4 heteroatoms. The lowest BCUT2D eigenvalue weighted by atomic mass is 10.1. The third-order valence-electron chi connectivity index (χ3n) is 3.50. The third kappa shape index (κ3) is 3.98. The van der Waals surface area contributed by atoms with Gasteiger partial charge in [-0.3, -0.25) is 9.69 Å². The predicted octanol–water partition coefficient (Wildman–Crippen LogP) is 2.71. The molecule has 104 valence electrons. The van der Waals surface area contributed by atoms with Gasteiger partial charge in [-0.2, -0.15) is 11.8 Å². The van der Waals surface area contributed by atoms with Crippen LogP contribution in [0.3, 0.4) is 0 Å². The van der Waals surface area contributed by atoms with Crippen LogP contribution in [0.5, 0.6) is 5.75 Å². The molecule has 0 aromatic heterocycles. The van der Waals surface area contributed by atoms with Gasteiger partial charge in [0, 0.05) is 18.3 Å². The third-order valence-corrected chi connectivity index (χ3v) is 4.64. The number of rotatable bonds is 6. The van der Waals surface area contributed by atoms with Crippen LogP contribution in [0.1, 0.15) is 23.7 Å². The highest BCUT2D eigenvalue weighted by Crippen LogP contribution is 2.21. The monoisotopic (exact) mass is 279 g/mol. The fourth-order valence-electron chi connectivity index (χ4n) is 2.24. The van der Waals surface area contributed by atoms with E-state index in [-0.39, 0.29) is 5.78 Å². The van der Waals surface area contributed by atoms with Crippen LogP contribution in [-0.4, -0.2) is 48.4 Å². The van der Waals surface area contributed by atoms with Crippen LogP contribution >= 0.6 is 11.8 Å². The van der Waals surface area contributed by atoms with Gasteiger partial charge in [0.25, 0.3) is 0 Å². The number of likely N-dealkylation sites (N-methyl/N-ethyl adjacent to an activating group) is 1. The zero-order chi connectivity index (χ0) is 13.7. The number of ketones is 1. The maximum absolute atomic E-state index is 11.5. The second kappa shape index (κ2) is 6.96. The number of benzene rings is 1. The van der Waals surface area contributed by atoms with Crippen LogP contribution in [-0.2, 0) is 0 Å². The summed E-state index contributed by atoms with van der Waals surface area (Å²) in [5.41, 5.74) is 0.668. The minimum Gasteiger partial charge on any atom is -0.491 e. The van der Waals surface area contributed by atoms with Crippen molar-refractivity contribution in [3.05, 3.63) is 29.8 Å². The molecule has 1 aliphatic heterocycles. The first kappa shape index (κ1) is 14.4. The highest BCUT2D eigenvalue weighted by atomic mass is 32.2. The van der Waals surface area contributed by atoms with Crippen molar-refractivity contribution in [2.24, 2.45) is 0 Å². The van der Waals surface area contributed by atoms with Crippen LogP contribution < -0.4 is 4.74 Å². The van der Waals surface area contributed by atoms with Crippen molar-refractivity contribution >= 4 is 17.5 Å². The molecular weight excluding hydrogens is 258 g/mol. The number of carbonyl (C=O) groups is 1. The normalized spacial score (nSPS) is 18.8. The summed E-state index contributed by atoms with van der Waals surface area (Å²) in [5.74, 6) is 3.24. The van der Waals surface area contributed by atoms with Crippen molar-refractivity contribution in [1.82, 2.24) is 4.90 Å². The summed E-state index contributed by atoms with van der Waals surface area (Å²) in [6.45, 7) is 3.10. The fraction of sp³-hybridized carbons (Fsp3) is 0.533. The van der Waals surface area contributed by atoms with E-state index in [4.69, 9.17) is 4.74 Å². The lowest BCUT2D eigenvalue weighted by Crippen LogP contribution is -2.34. The lowest BCUT2D eigenvalue weighted by Gasteiger charge is -2.23. The zero-order valence-electron chi connectivity index (χ0n) is 11.6. The lowest BCUT2D eigenvalue weighted by molar-refractivity contribution is 0.101. The smallest absolute Gasteiger partial charge is 0.163 e. The maximum Gasteiger partial charge on any atom is 0.163 e. The highest BCUT2D eigenvalue weighted by molar-refractivity contribution is 7.99. The molecule has 1 aromatic carbocycles. The van der Waals surface area contributed by atoms with Crippen molar-refractivity contribution in [1.29, 1.82) is 0 Å². The Hall–Kier alpha value is -1.00. The molecule has 0 amide bonds. The van der Waals surface area contributed by atoms with Gasteiger partial charge in [-0.15, -0.1) is 0 Å². The Bertz CT molecular complexity index is 430. The summed E-state index contributed by atoms with van der Waals surface area (Å²) in [6, 6.07) is 8.12. The van der Waals surface area contributed by atoms with Crippen molar-refractivity contribution in [3.8, 4) is 5.75 Å². The van der Waals surface area contributed by atoms with E-state index >= 15 is 0 Å². The number of hydrogen-bond donors (Lipinski definition) is 0. The van der Waals surface area contributed by atoms with Gasteiger partial charge in [-0.05, 0) is 38.3 Å². The number of para-hydroxylation sites is 1. The van der Waals surface area contributed by atoms with Gasteiger partial charge in [0.05, 0.1) is 5.56 Å². The highest BCUT2D eigenvalue weighted by Gasteiger charge is 2.19. The number of nitrogens with zero attached hydrogens (tertiary/aromatic N) is 1. The van der Waals surface area contributed by atoms with Crippen molar-refractivity contribution in [3.63, 3.8) is 0 Å². The van der Waals surface area contributed by atoms with E-state index in [0.29, 0.717) is 24.0 Å². The molecule has 1 fully saturated rings. The molecule has 0 N–H and O–H groups in total. The first-order valence-corrected chi connectivity index (χ1v) is 7.84. The zero-order valence-corrected chi connectivity index (χ0v) is 12.4. The van der Waals surface area contributed by atoms with Crippen LogP contribution in [0.15, 0.2) is 24.3 Å². The van der Waals surface area contributed by atoms with E-state index < -0.39 is 0 Å². The first-order chi connectivity index (χ1) is 9.18. The molecule has 1 aliphatic rings. The summed E-state index contributed by atoms with van der Waals surface area (Å²) in [6.07, 6.45) is 1.27. The van der Waals surface area contributed by atoms with E-state index in [1.807, 2.05) is 36.0 Å². The fourth-order valence-corrected chi connectivity index (χ4v) is 3.53. The first-order valence-electron chi connectivity index (χ1n) is 6.69. The summed E-state index contributed by atoms with van der Waals surface area (Å²) in [4.78, 5) is 13.8. The molecule has 1 saturated heterocycles. The molecule has 1 aromatic rings. The molecular formula is C15H21NO2S. The van der Waals surface area contributed by atoms with E-state index in [2.05, 4.69) is 11.9 Å².